The predicted octanol–water partition coefficient (Wildman–Crippen LogP) is 5.45. The number of ether oxygens (including phenoxy) is 1. The zero-order chi connectivity index (χ0) is 15.4. The minimum Gasteiger partial charge on any atom is -0.454 e. The highest BCUT2D eigenvalue weighted by atomic mass is 35.5. The van der Waals surface area contributed by atoms with E-state index in [-0.39, 0.29) is 5.91 Å². The molecule has 110 valence electrons. The summed E-state index contributed by atoms with van der Waals surface area (Å²) in [5.41, 5.74) is 0.598. The van der Waals surface area contributed by atoms with Crippen LogP contribution in [0.5, 0.6) is 11.5 Å². The molecule has 0 aliphatic rings. The van der Waals surface area contributed by atoms with Crippen LogP contribution >= 0.6 is 22.9 Å². The quantitative estimate of drug-likeness (QED) is 0.691. The fourth-order valence-electron chi connectivity index (χ4n) is 1.90. The van der Waals surface area contributed by atoms with E-state index in [2.05, 4.69) is 5.32 Å². The predicted molar refractivity (Wildman–Crippen MR) is 90.2 cm³/mol. The van der Waals surface area contributed by atoms with Crippen molar-refractivity contribution in [3.8, 4) is 11.5 Å². The van der Waals surface area contributed by atoms with Crippen LogP contribution in [0, 0.1) is 0 Å². The molecular weight excluding hydrogens is 318 g/mol. The molecule has 5 heteroatoms. The molecule has 1 N–H and O–H groups in total. The van der Waals surface area contributed by atoms with Crippen molar-refractivity contribution in [3.05, 3.63) is 75.9 Å². The van der Waals surface area contributed by atoms with E-state index in [4.69, 9.17) is 16.3 Å². The molecule has 1 amide bonds. The first-order chi connectivity index (χ1) is 10.7. The van der Waals surface area contributed by atoms with Gasteiger partial charge in [0.2, 0.25) is 0 Å². The number of anilines is 1. The lowest BCUT2D eigenvalue weighted by molar-refractivity contribution is 0.103. The topological polar surface area (TPSA) is 38.3 Å². The summed E-state index contributed by atoms with van der Waals surface area (Å²) in [7, 11) is 0. The van der Waals surface area contributed by atoms with Crippen molar-refractivity contribution in [1.82, 2.24) is 0 Å². The van der Waals surface area contributed by atoms with Crippen molar-refractivity contribution in [1.29, 1.82) is 0 Å². The molecule has 0 fully saturated rings. The van der Waals surface area contributed by atoms with Gasteiger partial charge in [-0.05, 0) is 35.7 Å². The van der Waals surface area contributed by atoms with Gasteiger partial charge >= 0.3 is 0 Å². The Morgan fingerprint density at radius 1 is 0.955 bits per heavy atom. The Morgan fingerprint density at radius 2 is 1.68 bits per heavy atom. The van der Waals surface area contributed by atoms with Crippen molar-refractivity contribution in [2.24, 2.45) is 0 Å². The first kappa shape index (κ1) is 14.6. The van der Waals surface area contributed by atoms with Crippen LogP contribution in [0.2, 0.25) is 5.02 Å². The van der Waals surface area contributed by atoms with Crippen LogP contribution in [0.1, 0.15) is 9.67 Å². The van der Waals surface area contributed by atoms with Gasteiger partial charge in [-0.2, -0.15) is 0 Å². The second-order valence-corrected chi connectivity index (χ2v) is 5.81. The van der Waals surface area contributed by atoms with E-state index in [1.807, 2.05) is 35.7 Å². The molecule has 3 aromatic rings. The number of benzene rings is 2. The molecule has 22 heavy (non-hydrogen) atoms. The van der Waals surface area contributed by atoms with Gasteiger partial charge < -0.3 is 10.1 Å². The summed E-state index contributed by atoms with van der Waals surface area (Å²) in [5, 5.41) is 5.23. The standard InChI is InChI=1S/C17H12ClNO2S/c18-12-6-1-3-8-14(12)21-15-9-4-2-7-13(15)19-17(20)16-10-5-11-22-16/h1-11H,(H,19,20). The minimum atomic E-state index is -0.162. The third-order valence-corrected chi connectivity index (χ3v) is 4.12. The molecule has 0 aliphatic heterocycles. The number of carbonyl (C=O) groups is 1. The Bertz CT molecular complexity index is 787. The average molecular weight is 330 g/mol. The largest absolute Gasteiger partial charge is 0.454 e. The highest BCUT2D eigenvalue weighted by Crippen LogP contribution is 2.33. The highest BCUT2D eigenvalue weighted by molar-refractivity contribution is 7.12. The molecule has 3 nitrogen and oxygen atoms in total. The number of hydrogen-bond donors (Lipinski definition) is 1. The van der Waals surface area contributed by atoms with E-state index >= 15 is 0 Å². The first-order valence-corrected chi connectivity index (χ1v) is 7.86. The van der Waals surface area contributed by atoms with Crippen molar-refractivity contribution < 1.29 is 9.53 Å². The fourth-order valence-corrected chi connectivity index (χ4v) is 2.69. The maximum absolute atomic E-state index is 12.2. The number of thiophene rings is 1. The summed E-state index contributed by atoms with van der Waals surface area (Å²) in [5.74, 6) is 0.924. The van der Waals surface area contributed by atoms with Gasteiger partial charge in [0.05, 0.1) is 15.6 Å². The van der Waals surface area contributed by atoms with Gasteiger partial charge in [-0.25, -0.2) is 0 Å². The molecule has 0 atom stereocenters. The van der Waals surface area contributed by atoms with E-state index in [0.29, 0.717) is 27.1 Å². The zero-order valence-corrected chi connectivity index (χ0v) is 13.0. The van der Waals surface area contributed by atoms with E-state index in [1.54, 1.807) is 30.3 Å². The molecule has 1 aromatic heterocycles. The minimum absolute atomic E-state index is 0.162. The van der Waals surface area contributed by atoms with Crippen LogP contribution in [0.15, 0.2) is 66.0 Å². The Balaban J connectivity index is 1.84. The van der Waals surface area contributed by atoms with E-state index < -0.39 is 0 Å². The summed E-state index contributed by atoms with van der Waals surface area (Å²) < 4.78 is 5.82. The zero-order valence-electron chi connectivity index (χ0n) is 11.5. The molecule has 0 aliphatic carbocycles. The van der Waals surface area contributed by atoms with Crippen molar-refractivity contribution >= 4 is 34.5 Å². The number of hydrogen-bond acceptors (Lipinski definition) is 3. The molecule has 0 radical (unpaired) electrons. The smallest absolute Gasteiger partial charge is 0.265 e. The monoisotopic (exact) mass is 329 g/mol. The number of carbonyl (C=O) groups excluding carboxylic acids is 1. The molecular formula is C17H12ClNO2S. The normalized spacial score (nSPS) is 10.2. The molecule has 2 aromatic carbocycles. The lowest BCUT2D eigenvalue weighted by atomic mass is 10.2. The van der Waals surface area contributed by atoms with Gasteiger partial charge in [0.15, 0.2) is 5.75 Å². The molecule has 0 saturated heterocycles. The first-order valence-electron chi connectivity index (χ1n) is 6.60. The molecule has 0 spiro atoms. The Labute approximate surface area is 137 Å². The Morgan fingerprint density at radius 3 is 2.41 bits per heavy atom. The summed E-state index contributed by atoms with van der Waals surface area (Å²) in [6, 6.07) is 18.1. The second kappa shape index (κ2) is 6.64. The summed E-state index contributed by atoms with van der Waals surface area (Å²) >= 11 is 7.49. The van der Waals surface area contributed by atoms with Crippen LogP contribution in [0.4, 0.5) is 5.69 Å². The number of para-hydroxylation sites is 3. The molecule has 1 heterocycles. The average Bonchev–Trinajstić information content (AvgIpc) is 3.06. The van der Waals surface area contributed by atoms with Gasteiger partial charge in [-0.15, -0.1) is 11.3 Å². The van der Waals surface area contributed by atoms with Crippen molar-refractivity contribution in [2.45, 2.75) is 0 Å². The lowest BCUT2D eigenvalue weighted by Crippen LogP contribution is -2.10. The number of nitrogens with one attached hydrogen (secondary N) is 1. The summed E-state index contributed by atoms with van der Waals surface area (Å²) in [6.45, 7) is 0. The van der Waals surface area contributed by atoms with Crippen molar-refractivity contribution in [3.63, 3.8) is 0 Å². The molecule has 3 rings (SSSR count). The Kier molecular flexibility index (Phi) is 4.42. The van der Waals surface area contributed by atoms with Crippen LogP contribution < -0.4 is 10.1 Å². The van der Waals surface area contributed by atoms with Crippen LogP contribution in [0.25, 0.3) is 0 Å². The number of amides is 1. The van der Waals surface area contributed by atoms with E-state index in [9.17, 15) is 4.79 Å². The molecule has 0 bridgehead atoms. The fraction of sp³-hybridized carbons (Fsp3) is 0. The van der Waals surface area contributed by atoms with Gasteiger partial charge in [-0.3, -0.25) is 4.79 Å². The maximum atomic E-state index is 12.2. The molecule has 0 saturated carbocycles. The van der Waals surface area contributed by atoms with Gasteiger partial charge in [-0.1, -0.05) is 41.9 Å². The van der Waals surface area contributed by atoms with Gasteiger partial charge in [0, 0.05) is 0 Å². The van der Waals surface area contributed by atoms with Gasteiger partial charge in [0.25, 0.3) is 5.91 Å². The van der Waals surface area contributed by atoms with Crippen molar-refractivity contribution in [2.75, 3.05) is 5.32 Å². The van der Waals surface area contributed by atoms with Crippen LogP contribution in [0.3, 0.4) is 0 Å². The number of rotatable bonds is 4. The van der Waals surface area contributed by atoms with Gasteiger partial charge in [0.1, 0.15) is 5.75 Å². The summed E-state index contributed by atoms with van der Waals surface area (Å²) in [6.07, 6.45) is 0. The third kappa shape index (κ3) is 3.30. The highest BCUT2D eigenvalue weighted by Gasteiger charge is 2.11. The SMILES string of the molecule is O=C(Nc1ccccc1Oc1ccccc1Cl)c1cccs1. The van der Waals surface area contributed by atoms with E-state index in [0.717, 1.165) is 0 Å². The maximum Gasteiger partial charge on any atom is 0.265 e. The van der Waals surface area contributed by atoms with E-state index in [1.165, 1.54) is 11.3 Å². The van der Waals surface area contributed by atoms with Crippen LogP contribution in [-0.2, 0) is 0 Å². The van der Waals surface area contributed by atoms with Crippen LogP contribution in [-0.4, -0.2) is 5.91 Å². The lowest BCUT2D eigenvalue weighted by Gasteiger charge is -2.12. The third-order valence-electron chi connectivity index (χ3n) is 2.94. The summed E-state index contributed by atoms with van der Waals surface area (Å²) in [4.78, 5) is 12.8. The number of halogens is 1. The molecule has 0 unspecified atom stereocenters. The second-order valence-electron chi connectivity index (χ2n) is 4.46. The Hall–Kier alpha value is -2.30.